The summed E-state index contributed by atoms with van der Waals surface area (Å²) in [5.41, 5.74) is 5.35. The van der Waals surface area contributed by atoms with Crippen LogP contribution in [-0.2, 0) is 42.9 Å². The highest BCUT2D eigenvalue weighted by molar-refractivity contribution is 5.88. The molecule has 1 aliphatic heterocycles. The Kier molecular flexibility index (Phi) is 22.1. The molecule has 15 nitrogen and oxygen atoms in total. The number of carbonyl (C=O) groups excluding carboxylic acids is 4. The van der Waals surface area contributed by atoms with Gasteiger partial charge in [0.2, 0.25) is 23.6 Å². The van der Waals surface area contributed by atoms with E-state index in [1.807, 2.05) is 13.8 Å². The molecule has 4 amide bonds. The number of likely N-dealkylation sites (tertiary alicyclic amines) is 1. The van der Waals surface area contributed by atoms with Crippen LogP contribution in [0.25, 0.3) is 0 Å². The van der Waals surface area contributed by atoms with Crippen LogP contribution in [-0.4, -0.2) is 158 Å². The Hall–Kier alpha value is -2.69. The van der Waals surface area contributed by atoms with Crippen molar-refractivity contribution in [2.45, 2.75) is 83.7 Å². The largest absolute Gasteiger partial charge is 0.379 e. The highest BCUT2D eigenvalue weighted by Crippen LogP contribution is 2.29. The molecule has 1 saturated heterocycles. The first kappa shape index (κ1) is 43.3. The first-order valence-electron chi connectivity index (χ1n) is 17.0. The van der Waals surface area contributed by atoms with E-state index in [1.54, 1.807) is 37.8 Å². The number of nitrogens with two attached hydrogens (primary N) is 1. The predicted molar refractivity (Wildman–Crippen MR) is 183 cm³/mol. The van der Waals surface area contributed by atoms with Crippen molar-refractivity contribution in [1.82, 2.24) is 20.4 Å². The van der Waals surface area contributed by atoms with Gasteiger partial charge >= 0.3 is 0 Å². The van der Waals surface area contributed by atoms with Crippen molar-refractivity contribution in [1.29, 1.82) is 0 Å². The molecule has 0 saturated carbocycles. The van der Waals surface area contributed by atoms with Crippen molar-refractivity contribution in [3.05, 3.63) is 0 Å². The number of aliphatic imine (C=N–C) groups is 1. The lowest BCUT2D eigenvalue weighted by atomic mass is 9.90. The van der Waals surface area contributed by atoms with Gasteiger partial charge in [0.1, 0.15) is 12.6 Å². The molecule has 0 aromatic carbocycles. The average molecular weight is 687 g/mol. The summed E-state index contributed by atoms with van der Waals surface area (Å²) in [7, 11) is 4.78. The molecule has 1 aliphatic rings. The minimum atomic E-state index is -0.786. The van der Waals surface area contributed by atoms with Crippen molar-refractivity contribution in [2.75, 3.05) is 87.1 Å². The summed E-state index contributed by atoms with van der Waals surface area (Å²) in [5.74, 6) is -1.60. The van der Waals surface area contributed by atoms with E-state index in [4.69, 9.17) is 29.4 Å². The number of carbonyl (C=O) groups is 4. The highest BCUT2D eigenvalue weighted by atomic mass is 16.5. The number of amides is 4. The van der Waals surface area contributed by atoms with Gasteiger partial charge in [-0.15, -0.1) is 0 Å². The number of nitrogens with one attached hydrogen (secondary N) is 2. The van der Waals surface area contributed by atoms with Crippen LogP contribution in [0.5, 0.6) is 0 Å². The van der Waals surface area contributed by atoms with Gasteiger partial charge in [-0.3, -0.25) is 24.2 Å². The summed E-state index contributed by atoms with van der Waals surface area (Å²) in [4.78, 5) is 59.4. The van der Waals surface area contributed by atoms with Crippen LogP contribution in [0.1, 0.15) is 53.4 Å². The Morgan fingerprint density at radius 2 is 1.60 bits per heavy atom. The third kappa shape index (κ3) is 14.4. The molecule has 15 heteroatoms. The molecule has 278 valence electrons. The van der Waals surface area contributed by atoms with Crippen LogP contribution in [0.4, 0.5) is 0 Å². The van der Waals surface area contributed by atoms with Crippen LogP contribution < -0.4 is 16.4 Å². The summed E-state index contributed by atoms with van der Waals surface area (Å²) in [6, 6.07) is -1.46. The van der Waals surface area contributed by atoms with E-state index in [1.165, 1.54) is 7.11 Å². The fraction of sp³-hybridized carbons (Fsp3) is 0.848. The molecule has 1 heterocycles. The van der Waals surface area contributed by atoms with Crippen LogP contribution in [0.15, 0.2) is 4.99 Å². The second kappa shape index (κ2) is 24.4. The van der Waals surface area contributed by atoms with E-state index in [9.17, 15) is 19.2 Å². The number of rotatable bonds is 26. The molecule has 0 aromatic rings. The van der Waals surface area contributed by atoms with Gasteiger partial charge < -0.3 is 49.9 Å². The molecule has 4 N–H and O–H groups in total. The molecule has 48 heavy (non-hydrogen) atoms. The van der Waals surface area contributed by atoms with E-state index >= 15 is 0 Å². The van der Waals surface area contributed by atoms with Crippen LogP contribution in [0.3, 0.4) is 0 Å². The van der Waals surface area contributed by atoms with Crippen molar-refractivity contribution < 1.29 is 42.9 Å². The Bertz CT molecular complexity index is 974. The van der Waals surface area contributed by atoms with E-state index in [2.05, 4.69) is 22.3 Å². The molecule has 7 atom stereocenters. The van der Waals surface area contributed by atoms with Crippen molar-refractivity contribution >= 4 is 30.3 Å². The third-order valence-electron chi connectivity index (χ3n) is 8.86. The lowest BCUT2D eigenvalue weighted by molar-refractivity contribution is -0.145. The van der Waals surface area contributed by atoms with Crippen molar-refractivity contribution in [2.24, 2.45) is 22.6 Å². The second-order valence-corrected chi connectivity index (χ2v) is 12.2. The maximum Gasteiger partial charge on any atom is 0.244 e. The maximum atomic E-state index is 13.8. The summed E-state index contributed by atoms with van der Waals surface area (Å²) >= 11 is 0. The Labute approximate surface area is 286 Å². The molecule has 0 aliphatic carbocycles. The van der Waals surface area contributed by atoms with Gasteiger partial charge in [-0.05, 0) is 32.4 Å². The lowest BCUT2D eigenvalue weighted by Crippen LogP contribution is -2.54. The second-order valence-electron chi connectivity index (χ2n) is 12.2. The number of ether oxygens (including phenoxy) is 5. The topological polar surface area (TPSA) is 183 Å². The van der Waals surface area contributed by atoms with E-state index in [-0.39, 0.29) is 61.1 Å². The van der Waals surface area contributed by atoms with Gasteiger partial charge in [0, 0.05) is 40.9 Å². The minimum absolute atomic E-state index is 0.0461. The number of methoxy groups -OCH3 is 2. The first-order valence-corrected chi connectivity index (χ1v) is 17.0. The van der Waals surface area contributed by atoms with E-state index in [0.717, 1.165) is 12.8 Å². The molecule has 0 spiro atoms. The molecule has 1 rings (SSSR count). The normalized spacial score (nSPS) is 18.3. The number of nitrogens with zero attached hydrogens (tertiary/aromatic N) is 3. The fourth-order valence-corrected chi connectivity index (χ4v) is 5.97. The van der Waals surface area contributed by atoms with Gasteiger partial charge in [-0.1, -0.05) is 27.2 Å². The van der Waals surface area contributed by atoms with Gasteiger partial charge in [0.05, 0.1) is 76.3 Å². The average Bonchev–Trinajstić information content (AvgIpc) is 3.56. The predicted octanol–water partition coefficient (Wildman–Crippen LogP) is 0.237. The molecule has 0 bridgehead atoms. The van der Waals surface area contributed by atoms with Gasteiger partial charge in [0.25, 0.3) is 0 Å². The third-order valence-corrected chi connectivity index (χ3v) is 8.86. The highest BCUT2D eigenvalue weighted by Gasteiger charge is 2.42. The monoisotopic (exact) mass is 686 g/mol. The molecule has 1 fully saturated rings. The maximum absolute atomic E-state index is 13.8. The summed E-state index contributed by atoms with van der Waals surface area (Å²) < 4.78 is 27.7. The number of likely N-dealkylation sites (N-methyl/N-ethyl adjacent to an activating group) is 1. The van der Waals surface area contributed by atoms with E-state index in [0.29, 0.717) is 59.2 Å². The standard InChI is InChI=1S/C33H62N6O9/c1-9-23(2)30(38(6)29(41)22-35-5)27(44-7)21-28(40)39-14-10-11-26(39)31(45-8)24(3)32(42)37-25(4)33(43)36-13-16-47-18-20-48-19-17-46-15-12-34/h23-27,30-31H,5,9-22,34H2,1-4,6-8H3,(H,36,43)(H,37,42)/t23?,24?,25-,26?,27?,30?,31?/m0/s1. The zero-order chi connectivity index (χ0) is 36.1. The molecular weight excluding hydrogens is 624 g/mol. The van der Waals surface area contributed by atoms with Crippen LogP contribution in [0.2, 0.25) is 0 Å². The van der Waals surface area contributed by atoms with E-state index < -0.39 is 24.2 Å². The SMILES string of the molecule is C=NCC(=O)N(C)C(C(C)CC)C(CC(=O)N1CCCC1C(OC)C(C)C(=O)N[C@@H](C)C(=O)NCCOCCOCCOCCN)OC. The number of hydrogen-bond acceptors (Lipinski definition) is 11. The molecule has 6 unspecified atom stereocenters. The summed E-state index contributed by atoms with van der Waals surface area (Å²) in [6.07, 6.45) is 1.14. The zero-order valence-corrected chi connectivity index (χ0v) is 30.2. The lowest BCUT2D eigenvalue weighted by Gasteiger charge is -2.39. The minimum Gasteiger partial charge on any atom is -0.379 e. The fourth-order valence-electron chi connectivity index (χ4n) is 5.97. The first-order chi connectivity index (χ1) is 23.0. The molecular formula is C33H62N6O9. The van der Waals surface area contributed by atoms with Crippen LogP contribution >= 0.6 is 0 Å². The van der Waals surface area contributed by atoms with Gasteiger partial charge in [0.15, 0.2) is 0 Å². The Balaban J connectivity index is 2.70. The Morgan fingerprint density at radius 1 is 0.979 bits per heavy atom. The van der Waals surface area contributed by atoms with Crippen molar-refractivity contribution in [3.8, 4) is 0 Å². The summed E-state index contributed by atoms with van der Waals surface area (Å²) in [5, 5.41) is 5.53. The Morgan fingerprint density at radius 3 is 2.17 bits per heavy atom. The van der Waals surface area contributed by atoms with Crippen LogP contribution in [0, 0.1) is 11.8 Å². The summed E-state index contributed by atoms with van der Waals surface area (Å²) in [6.45, 7) is 14.6. The van der Waals surface area contributed by atoms with Gasteiger partial charge in [-0.25, -0.2) is 0 Å². The number of hydrogen-bond donors (Lipinski definition) is 3. The zero-order valence-electron chi connectivity index (χ0n) is 30.2. The quantitative estimate of drug-likeness (QED) is 0.0842. The smallest absolute Gasteiger partial charge is 0.244 e. The van der Waals surface area contributed by atoms with Crippen molar-refractivity contribution in [3.63, 3.8) is 0 Å². The molecule has 0 aromatic heterocycles. The van der Waals surface area contributed by atoms with Gasteiger partial charge in [-0.2, -0.15) is 0 Å². The molecule has 0 radical (unpaired) electrons.